The van der Waals surface area contributed by atoms with Crippen LogP contribution in [0.4, 0.5) is 11.6 Å². The van der Waals surface area contributed by atoms with Crippen LogP contribution in [0.3, 0.4) is 0 Å². The van der Waals surface area contributed by atoms with Gasteiger partial charge in [-0.05, 0) is 50.5 Å². The molecule has 0 aromatic carbocycles. The van der Waals surface area contributed by atoms with Gasteiger partial charge in [-0.2, -0.15) is 0 Å². The number of methoxy groups -OCH3 is 1. The summed E-state index contributed by atoms with van der Waals surface area (Å²) in [5, 5.41) is 6.93. The first-order valence-electron chi connectivity index (χ1n) is 10.7. The number of nitrogens with one attached hydrogen (secondary N) is 2. The molecule has 0 bridgehead atoms. The van der Waals surface area contributed by atoms with Crippen molar-refractivity contribution in [3.63, 3.8) is 0 Å². The first-order chi connectivity index (χ1) is 15.1. The maximum absolute atomic E-state index is 12.3. The third kappa shape index (κ3) is 6.34. The Morgan fingerprint density at radius 2 is 1.69 bits per heavy atom. The van der Waals surface area contributed by atoms with E-state index in [-0.39, 0.29) is 27.0 Å². The molecule has 0 amide bonds. The Hall–Kier alpha value is -2.84. The molecule has 3 aromatic heterocycles. The first-order valence-corrected chi connectivity index (χ1v) is 10.7. The van der Waals surface area contributed by atoms with Crippen molar-refractivity contribution in [2.45, 2.75) is 52.1 Å². The number of aryl methyl sites for hydroxylation is 1. The number of aromatic nitrogens is 4. The quantitative estimate of drug-likeness (QED) is 0.547. The molecule has 32 heavy (non-hydrogen) atoms. The fourth-order valence-corrected chi connectivity index (χ4v) is 3.58. The topological polar surface area (TPSA) is 94.0 Å². The number of pyridine rings is 2. The van der Waals surface area contributed by atoms with E-state index in [1.807, 2.05) is 32.9 Å². The zero-order chi connectivity index (χ0) is 22.2. The molecule has 173 valence electrons. The van der Waals surface area contributed by atoms with Gasteiger partial charge in [0.2, 0.25) is 0 Å². The van der Waals surface area contributed by atoms with Crippen molar-refractivity contribution < 1.29 is 26.1 Å². The Balaban J connectivity index is 0.00000212. The number of hydrogen-bond acceptors (Lipinski definition) is 7. The second-order valence-corrected chi connectivity index (χ2v) is 7.19. The molecule has 0 saturated heterocycles. The molecular formula is C23H34N6O2V. The minimum atomic E-state index is -0.207. The maximum Gasteiger partial charge on any atom is 0.297 e. The van der Waals surface area contributed by atoms with Gasteiger partial charge in [0.15, 0.2) is 5.75 Å². The van der Waals surface area contributed by atoms with Gasteiger partial charge in [0.1, 0.15) is 11.6 Å². The molecule has 8 nitrogen and oxygen atoms in total. The summed E-state index contributed by atoms with van der Waals surface area (Å²) in [5.41, 5.74) is 1.40. The molecule has 0 aliphatic heterocycles. The zero-order valence-corrected chi connectivity index (χ0v) is 20.3. The van der Waals surface area contributed by atoms with E-state index < -0.39 is 0 Å². The zero-order valence-electron chi connectivity index (χ0n) is 18.9. The maximum atomic E-state index is 12.3. The van der Waals surface area contributed by atoms with Crippen LogP contribution in [0.1, 0.15) is 41.7 Å². The number of nitrogens with zero attached hydrogens (tertiary/aromatic N) is 4. The summed E-state index contributed by atoms with van der Waals surface area (Å²) < 4.78 is 6.62. The molecule has 1 aliphatic rings. The molecule has 1 aliphatic carbocycles. The van der Waals surface area contributed by atoms with Crippen LogP contribution in [0.5, 0.6) is 5.75 Å². The summed E-state index contributed by atoms with van der Waals surface area (Å²) in [6, 6.07) is 7.89. The van der Waals surface area contributed by atoms with Crippen LogP contribution >= 0.6 is 0 Å². The van der Waals surface area contributed by atoms with Crippen molar-refractivity contribution in [2.75, 3.05) is 17.7 Å². The second kappa shape index (κ2) is 12.3. The van der Waals surface area contributed by atoms with Gasteiger partial charge in [-0.3, -0.25) is 14.3 Å². The average molecular weight is 478 g/mol. The molecule has 0 unspecified atom stereocenters. The second-order valence-electron chi connectivity index (χ2n) is 7.19. The average Bonchev–Trinajstić information content (AvgIpc) is 3.24. The SMILES string of the molecule is CC.COc1cccn(-c2ccc(N[C@H]3CC[C@H](Nc4cnc(C)cn4)C3)nc2)c1=O.[HH].[HH].[V]. The van der Waals surface area contributed by atoms with E-state index in [4.69, 9.17) is 4.74 Å². The summed E-state index contributed by atoms with van der Waals surface area (Å²) >= 11 is 0. The number of rotatable bonds is 6. The van der Waals surface area contributed by atoms with Crippen LogP contribution in [0.2, 0.25) is 0 Å². The number of anilines is 2. The van der Waals surface area contributed by atoms with Gasteiger partial charge in [0, 0.05) is 39.7 Å². The molecule has 1 radical (unpaired) electrons. The molecule has 4 rings (SSSR count). The van der Waals surface area contributed by atoms with Gasteiger partial charge in [-0.15, -0.1) is 0 Å². The predicted molar refractivity (Wildman–Crippen MR) is 127 cm³/mol. The minimum Gasteiger partial charge on any atom is -0.491 e. The fraction of sp³-hybridized carbons (Fsp3) is 0.391. The van der Waals surface area contributed by atoms with E-state index in [2.05, 4.69) is 25.6 Å². The van der Waals surface area contributed by atoms with Crippen molar-refractivity contribution >= 4 is 11.6 Å². The summed E-state index contributed by atoms with van der Waals surface area (Å²) in [7, 11) is 1.49. The Morgan fingerprint density at radius 3 is 2.28 bits per heavy atom. The van der Waals surface area contributed by atoms with E-state index in [1.165, 1.54) is 11.7 Å². The monoisotopic (exact) mass is 477 g/mol. The molecule has 3 aromatic rings. The summed E-state index contributed by atoms with van der Waals surface area (Å²) in [6.45, 7) is 5.93. The number of ether oxygens (including phenoxy) is 1. The standard InChI is InChI=1S/C21H24N6O2.C2H6.V.2H2/c1-14-11-23-20(13-22-14)26-16-6-5-15(10-16)25-19-8-7-17(12-24-19)27-9-3-4-18(29-2)21(27)28;1-2;;;/h3-4,7-9,11-13,15-16H,5-6,10H2,1-2H3,(H,23,26)(H,24,25);1-2H3;;2*1H/t15-,16-;;;;/m0..../s1. The predicted octanol–water partition coefficient (Wildman–Crippen LogP) is 4.30. The van der Waals surface area contributed by atoms with Crippen molar-refractivity contribution in [1.82, 2.24) is 19.5 Å². The van der Waals surface area contributed by atoms with Crippen LogP contribution in [-0.4, -0.2) is 38.7 Å². The van der Waals surface area contributed by atoms with Gasteiger partial charge in [0.25, 0.3) is 5.56 Å². The van der Waals surface area contributed by atoms with E-state index in [9.17, 15) is 4.79 Å². The Morgan fingerprint density at radius 1 is 1.00 bits per heavy atom. The molecule has 3 heterocycles. The Kier molecular flexibility index (Phi) is 9.74. The van der Waals surface area contributed by atoms with Gasteiger partial charge >= 0.3 is 0 Å². The Labute approximate surface area is 203 Å². The van der Waals surface area contributed by atoms with Gasteiger partial charge in [-0.1, -0.05) is 13.8 Å². The van der Waals surface area contributed by atoms with Gasteiger partial charge in [-0.25, -0.2) is 9.97 Å². The summed E-state index contributed by atoms with van der Waals surface area (Å²) in [4.78, 5) is 25.5. The van der Waals surface area contributed by atoms with Crippen molar-refractivity contribution in [3.05, 3.63) is 65.1 Å². The smallest absolute Gasteiger partial charge is 0.297 e. The molecule has 9 heteroatoms. The minimum absolute atomic E-state index is 0. The van der Waals surface area contributed by atoms with Crippen molar-refractivity contribution in [2.24, 2.45) is 0 Å². The van der Waals surface area contributed by atoms with Crippen LogP contribution in [0.25, 0.3) is 5.69 Å². The van der Waals surface area contributed by atoms with E-state index >= 15 is 0 Å². The normalized spacial score (nSPS) is 16.9. The van der Waals surface area contributed by atoms with E-state index in [0.717, 1.165) is 36.6 Å². The van der Waals surface area contributed by atoms with Gasteiger partial charge < -0.3 is 15.4 Å². The van der Waals surface area contributed by atoms with Crippen LogP contribution in [0.15, 0.2) is 53.8 Å². The molecule has 1 saturated carbocycles. The molecule has 0 spiro atoms. The van der Waals surface area contributed by atoms with Crippen molar-refractivity contribution in [1.29, 1.82) is 0 Å². The number of hydrogen-bond donors (Lipinski definition) is 2. The fourth-order valence-electron chi connectivity index (χ4n) is 3.58. The molecule has 1 fully saturated rings. The summed E-state index contributed by atoms with van der Waals surface area (Å²) in [5.74, 6) is 1.91. The van der Waals surface area contributed by atoms with E-state index in [0.29, 0.717) is 23.5 Å². The third-order valence-corrected chi connectivity index (χ3v) is 5.08. The van der Waals surface area contributed by atoms with Gasteiger partial charge in [0.05, 0.1) is 37.1 Å². The van der Waals surface area contributed by atoms with Crippen LogP contribution in [-0.2, 0) is 18.6 Å². The molecule has 2 N–H and O–H groups in total. The van der Waals surface area contributed by atoms with Crippen molar-refractivity contribution in [3.8, 4) is 11.4 Å². The van der Waals surface area contributed by atoms with Crippen LogP contribution in [0, 0.1) is 6.92 Å². The molecule has 2 atom stereocenters. The van der Waals surface area contributed by atoms with Crippen LogP contribution < -0.4 is 20.9 Å². The largest absolute Gasteiger partial charge is 0.491 e. The third-order valence-electron chi connectivity index (χ3n) is 5.08. The molecular weight excluding hydrogens is 443 g/mol. The first kappa shape index (κ1) is 25.4. The van der Waals surface area contributed by atoms with E-state index in [1.54, 1.807) is 36.9 Å². The summed E-state index contributed by atoms with van der Waals surface area (Å²) in [6.07, 6.45) is 10.0. The Bertz CT molecular complexity index is 1030.